The number of urea groups is 1. The molecular formula is C15H18ClN5OS. The molecule has 0 unspecified atom stereocenters. The second-order valence-electron chi connectivity index (χ2n) is 5.65. The Labute approximate surface area is 143 Å². The van der Waals surface area contributed by atoms with Gasteiger partial charge in [0.1, 0.15) is 0 Å². The van der Waals surface area contributed by atoms with Crippen molar-refractivity contribution in [3.63, 3.8) is 0 Å². The van der Waals surface area contributed by atoms with E-state index in [9.17, 15) is 4.79 Å². The highest BCUT2D eigenvalue weighted by atomic mass is 35.5. The number of nitrogens with one attached hydrogen (secondary N) is 2. The number of piperidine rings is 1. The Balaban J connectivity index is 1.56. The van der Waals surface area contributed by atoms with Crippen molar-refractivity contribution >= 4 is 44.9 Å². The van der Waals surface area contributed by atoms with Crippen LogP contribution in [-0.2, 0) is 0 Å². The van der Waals surface area contributed by atoms with E-state index in [1.165, 1.54) is 24.2 Å². The van der Waals surface area contributed by atoms with E-state index in [4.69, 9.17) is 11.6 Å². The lowest BCUT2D eigenvalue weighted by molar-refractivity contribution is 0.262. The molecule has 23 heavy (non-hydrogen) atoms. The van der Waals surface area contributed by atoms with Gasteiger partial charge in [-0.1, -0.05) is 29.9 Å². The second kappa shape index (κ2) is 7.14. The molecule has 1 saturated heterocycles. The average Bonchev–Trinajstić information content (AvgIpc) is 2.98. The molecule has 2 heterocycles. The minimum absolute atomic E-state index is 0.345. The number of aromatic nitrogens is 2. The molecule has 1 aliphatic heterocycles. The van der Waals surface area contributed by atoms with Crippen molar-refractivity contribution in [1.82, 2.24) is 10.2 Å². The number of nitrogens with zero attached hydrogens (tertiary/aromatic N) is 3. The molecule has 2 amide bonds. The van der Waals surface area contributed by atoms with Gasteiger partial charge in [-0.25, -0.2) is 4.79 Å². The number of hydrogen-bond donors (Lipinski definition) is 2. The third-order valence-corrected chi connectivity index (χ3v) is 4.94. The molecule has 0 saturated carbocycles. The van der Waals surface area contributed by atoms with E-state index < -0.39 is 0 Å². The molecule has 1 aliphatic rings. The Morgan fingerprint density at radius 3 is 2.61 bits per heavy atom. The van der Waals surface area contributed by atoms with Crippen LogP contribution < -0.4 is 15.5 Å². The summed E-state index contributed by atoms with van der Waals surface area (Å²) in [4.78, 5) is 14.2. The summed E-state index contributed by atoms with van der Waals surface area (Å²) in [5.41, 5.74) is 0.668. The largest absolute Gasteiger partial charge is 0.347 e. The highest BCUT2D eigenvalue weighted by Gasteiger charge is 2.19. The molecule has 6 nitrogen and oxygen atoms in total. The zero-order valence-corrected chi connectivity index (χ0v) is 14.3. The van der Waals surface area contributed by atoms with Crippen molar-refractivity contribution in [2.24, 2.45) is 5.92 Å². The molecule has 1 aromatic heterocycles. The first-order valence-electron chi connectivity index (χ1n) is 7.52. The fourth-order valence-electron chi connectivity index (χ4n) is 2.39. The average molecular weight is 352 g/mol. The molecule has 0 spiro atoms. The van der Waals surface area contributed by atoms with Crippen molar-refractivity contribution in [3.05, 3.63) is 29.3 Å². The summed E-state index contributed by atoms with van der Waals surface area (Å²) in [6.45, 7) is 4.26. The van der Waals surface area contributed by atoms with Gasteiger partial charge in [-0.05, 0) is 43.0 Å². The monoisotopic (exact) mass is 351 g/mol. The van der Waals surface area contributed by atoms with Crippen molar-refractivity contribution < 1.29 is 4.79 Å². The van der Waals surface area contributed by atoms with Crippen molar-refractivity contribution in [2.75, 3.05) is 28.6 Å². The lowest BCUT2D eigenvalue weighted by atomic mass is 10.00. The number of carbonyl (C=O) groups excluding carboxylic acids is 1. The summed E-state index contributed by atoms with van der Waals surface area (Å²) in [6, 6.07) is 6.57. The SMILES string of the molecule is CC1CCN(c2nnc(NC(=O)Nc3ccc(Cl)cc3)s2)CC1. The second-order valence-corrected chi connectivity index (χ2v) is 7.04. The molecule has 0 atom stereocenters. The predicted molar refractivity (Wildman–Crippen MR) is 94.6 cm³/mol. The van der Waals surface area contributed by atoms with Crippen LogP contribution in [0, 0.1) is 5.92 Å². The van der Waals surface area contributed by atoms with E-state index in [-0.39, 0.29) is 6.03 Å². The summed E-state index contributed by atoms with van der Waals surface area (Å²) >= 11 is 7.21. The maximum absolute atomic E-state index is 12.0. The zero-order valence-electron chi connectivity index (χ0n) is 12.8. The van der Waals surface area contributed by atoms with Crippen molar-refractivity contribution in [3.8, 4) is 0 Å². The quantitative estimate of drug-likeness (QED) is 0.874. The van der Waals surface area contributed by atoms with Gasteiger partial charge in [0, 0.05) is 23.8 Å². The molecule has 1 fully saturated rings. The van der Waals surface area contributed by atoms with Gasteiger partial charge < -0.3 is 10.2 Å². The number of hydrogen-bond acceptors (Lipinski definition) is 5. The Morgan fingerprint density at radius 1 is 1.22 bits per heavy atom. The van der Waals surface area contributed by atoms with E-state index >= 15 is 0 Å². The highest BCUT2D eigenvalue weighted by Crippen LogP contribution is 2.28. The lowest BCUT2D eigenvalue weighted by Crippen LogP contribution is -2.32. The minimum atomic E-state index is -0.345. The number of rotatable bonds is 3. The maximum atomic E-state index is 12.0. The Kier molecular flexibility index (Phi) is 4.97. The van der Waals surface area contributed by atoms with Gasteiger partial charge in [0.05, 0.1) is 0 Å². The van der Waals surface area contributed by atoms with Gasteiger partial charge in [-0.15, -0.1) is 10.2 Å². The summed E-state index contributed by atoms with van der Waals surface area (Å²) in [7, 11) is 0. The fraction of sp³-hybridized carbons (Fsp3) is 0.400. The van der Waals surface area contributed by atoms with Crippen LogP contribution in [0.5, 0.6) is 0 Å². The molecular weight excluding hydrogens is 334 g/mol. The number of halogens is 1. The molecule has 122 valence electrons. The topological polar surface area (TPSA) is 70.2 Å². The summed E-state index contributed by atoms with van der Waals surface area (Å²) in [6.07, 6.45) is 2.33. The number of amides is 2. The predicted octanol–water partition coefficient (Wildman–Crippen LogP) is 4.07. The highest BCUT2D eigenvalue weighted by molar-refractivity contribution is 7.19. The number of anilines is 3. The Hall–Kier alpha value is -1.86. The van der Waals surface area contributed by atoms with Crippen LogP contribution in [0.3, 0.4) is 0 Å². The Bertz CT molecular complexity index is 667. The van der Waals surface area contributed by atoms with Gasteiger partial charge in [-0.2, -0.15) is 0 Å². The van der Waals surface area contributed by atoms with E-state index in [1.54, 1.807) is 24.3 Å². The van der Waals surface area contributed by atoms with Gasteiger partial charge in [0.15, 0.2) is 0 Å². The molecule has 0 radical (unpaired) electrons. The van der Waals surface area contributed by atoms with Gasteiger partial charge in [-0.3, -0.25) is 5.32 Å². The van der Waals surface area contributed by atoms with Crippen LogP contribution in [-0.4, -0.2) is 29.3 Å². The maximum Gasteiger partial charge on any atom is 0.325 e. The zero-order chi connectivity index (χ0) is 16.2. The fourth-order valence-corrected chi connectivity index (χ4v) is 3.30. The normalized spacial score (nSPS) is 15.5. The number of benzene rings is 1. The van der Waals surface area contributed by atoms with E-state index in [1.807, 2.05) is 0 Å². The van der Waals surface area contributed by atoms with Crippen molar-refractivity contribution in [1.29, 1.82) is 0 Å². The molecule has 0 bridgehead atoms. The summed E-state index contributed by atoms with van der Waals surface area (Å²) < 4.78 is 0. The third-order valence-electron chi connectivity index (χ3n) is 3.79. The lowest BCUT2D eigenvalue weighted by Gasteiger charge is -2.29. The molecule has 2 N–H and O–H groups in total. The van der Waals surface area contributed by atoms with Crippen molar-refractivity contribution in [2.45, 2.75) is 19.8 Å². The van der Waals surface area contributed by atoms with Crippen LogP contribution in [0.4, 0.5) is 20.7 Å². The van der Waals surface area contributed by atoms with Gasteiger partial charge >= 0.3 is 6.03 Å². The first-order valence-corrected chi connectivity index (χ1v) is 8.71. The summed E-state index contributed by atoms with van der Waals surface area (Å²) in [5.74, 6) is 0.766. The van der Waals surface area contributed by atoms with Crippen LogP contribution in [0.25, 0.3) is 0 Å². The molecule has 3 rings (SSSR count). The van der Waals surface area contributed by atoms with Crippen LogP contribution >= 0.6 is 22.9 Å². The summed E-state index contributed by atoms with van der Waals surface area (Å²) in [5, 5.41) is 15.6. The van der Waals surface area contributed by atoms with Crippen LogP contribution in [0.1, 0.15) is 19.8 Å². The van der Waals surface area contributed by atoms with Crippen LogP contribution in [0.15, 0.2) is 24.3 Å². The van der Waals surface area contributed by atoms with E-state index in [0.717, 1.165) is 24.1 Å². The first-order chi connectivity index (χ1) is 11.1. The molecule has 0 aliphatic carbocycles. The minimum Gasteiger partial charge on any atom is -0.347 e. The van der Waals surface area contributed by atoms with E-state index in [0.29, 0.717) is 15.8 Å². The molecule has 2 aromatic rings. The molecule has 1 aromatic carbocycles. The van der Waals surface area contributed by atoms with Crippen LogP contribution in [0.2, 0.25) is 5.02 Å². The third kappa shape index (κ3) is 4.33. The Morgan fingerprint density at radius 2 is 1.91 bits per heavy atom. The first kappa shape index (κ1) is 16.0. The van der Waals surface area contributed by atoms with Gasteiger partial charge in [0.25, 0.3) is 0 Å². The van der Waals surface area contributed by atoms with Gasteiger partial charge in [0.2, 0.25) is 10.3 Å². The van der Waals surface area contributed by atoms with E-state index in [2.05, 4.69) is 32.7 Å². The smallest absolute Gasteiger partial charge is 0.325 e. The molecule has 8 heteroatoms. The standard InChI is InChI=1S/C15H18ClN5OS/c1-10-6-8-21(9-7-10)15-20-19-14(23-15)18-13(22)17-12-4-2-11(16)3-5-12/h2-5,10H,6-9H2,1H3,(H2,17,18,19,22). The number of carbonyl (C=O) groups is 1.